The SMILES string of the molecule is CCC1(OC(=O)C(F)(F)C(F)(F)C(=O)OC2(CC)C3CC4CC(C3)C(C)C2C4)C2CC3CC(C2)C(C)C1C3. The van der Waals surface area contributed by atoms with Crippen molar-refractivity contribution in [1.29, 1.82) is 0 Å². The number of carbonyl (C=O) groups is 2. The molecule has 8 saturated carbocycles. The standard InChI is InChI=1S/C30H42F4O4/c1-5-27(21-9-17-7-19(13-21)15(3)23(27)11-17)37-25(35)29(31,32)30(33,34)26(36)38-28(6-2)22-10-18-8-20(14-22)16(4)24(28)12-18/h15-24H,5-14H2,1-4H3. The number of halogens is 4. The zero-order valence-corrected chi connectivity index (χ0v) is 23.0. The van der Waals surface area contributed by atoms with E-state index >= 15 is 17.6 Å². The lowest BCUT2D eigenvalue weighted by molar-refractivity contribution is -0.278. The van der Waals surface area contributed by atoms with Gasteiger partial charge in [0.2, 0.25) is 0 Å². The van der Waals surface area contributed by atoms with E-state index in [2.05, 4.69) is 13.8 Å². The molecule has 4 nitrogen and oxygen atoms in total. The second kappa shape index (κ2) is 8.58. The summed E-state index contributed by atoms with van der Waals surface area (Å²) in [4.78, 5) is 25.9. The minimum absolute atomic E-state index is 0.107. The molecule has 12 unspecified atom stereocenters. The molecule has 0 amide bonds. The Morgan fingerprint density at radius 3 is 1.37 bits per heavy atom. The second-order valence-corrected chi connectivity index (χ2v) is 14.0. The van der Waals surface area contributed by atoms with Crippen molar-refractivity contribution in [3.05, 3.63) is 0 Å². The molecule has 0 spiro atoms. The highest BCUT2D eigenvalue weighted by molar-refractivity contribution is 5.90. The molecule has 0 aliphatic heterocycles. The maximum absolute atomic E-state index is 15.4. The molecule has 0 heterocycles. The molecule has 214 valence electrons. The van der Waals surface area contributed by atoms with Gasteiger partial charge in [0.05, 0.1) is 0 Å². The van der Waals surface area contributed by atoms with Gasteiger partial charge < -0.3 is 9.47 Å². The maximum Gasteiger partial charge on any atom is 0.415 e. The monoisotopic (exact) mass is 542 g/mol. The summed E-state index contributed by atoms with van der Waals surface area (Å²) in [6.45, 7) is 7.69. The minimum atomic E-state index is -5.31. The van der Waals surface area contributed by atoms with E-state index in [9.17, 15) is 9.59 Å². The number of rotatable bonds is 7. The fraction of sp³-hybridized carbons (Fsp3) is 0.933. The van der Waals surface area contributed by atoms with Crippen molar-refractivity contribution in [2.24, 2.45) is 59.2 Å². The molecular weight excluding hydrogens is 500 g/mol. The molecule has 12 atom stereocenters. The Balaban J connectivity index is 1.23. The number of esters is 2. The van der Waals surface area contributed by atoms with E-state index < -0.39 is 35.0 Å². The molecule has 0 saturated heterocycles. The minimum Gasteiger partial charge on any atom is -0.454 e. The predicted molar refractivity (Wildman–Crippen MR) is 131 cm³/mol. The van der Waals surface area contributed by atoms with Gasteiger partial charge in [-0.25, -0.2) is 9.59 Å². The first-order chi connectivity index (χ1) is 17.8. The molecule has 38 heavy (non-hydrogen) atoms. The Labute approximate surface area is 222 Å². The van der Waals surface area contributed by atoms with Gasteiger partial charge >= 0.3 is 23.8 Å². The van der Waals surface area contributed by atoms with Gasteiger partial charge in [-0.05, 0) is 112 Å². The zero-order valence-electron chi connectivity index (χ0n) is 23.0. The summed E-state index contributed by atoms with van der Waals surface area (Å²) in [7, 11) is 0. The van der Waals surface area contributed by atoms with Crippen LogP contribution in [0.1, 0.15) is 91.9 Å². The Bertz CT molecular complexity index is 923. The summed E-state index contributed by atoms with van der Waals surface area (Å²) in [6, 6.07) is 0. The molecule has 0 aromatic rings. The van der Waals surface area contributed by atoms with Gasteiger partial charge in [0, 0.05) is 11.8 Å². The Kier molecular flexibility index (Phi) is 6.06. The van der Waals surface area contributed by atoms with Crippen LogP contribution in [-0.2, 0) is 19.1 Å². The molecule has 0 N–H and O–H groups in total. The summed E-state index contributed by atoms with van der Waals surface area (Å²) >= 11 is 0. The van der Waals surface area contributed by atoms with Crippen LogP contribution in [0.2, 0.25) is 0 Å². The molecule has 0 radical (unpaired) electrons. The van der Waals surface area contributed by atoms with Crippen molar-refractivity contribution < 1.29 is 36.6 Å². The van der Waals surface area contributed by atoms with Crippen LogP contribution >= 0.6 is 0 Å². The van der Waals surface area contributed by atoms with E-state index in [0.717, 1.165) is 51.4 Å². The normalized spacial score (nSPS) is 48.8. The Hall–Kier alpha value is -1.34. The van der Waals surface area contributed by atoms with Gasteiger partial charge in [0.15, 0.2) is 0 Å². The Morgan fingerprint density at radius 2 is 1.03 bits per heavy atom. The van der Waals surface area contributed by atoms with E-state index in [4.69, 9.17) is 9.47 Å². The van der Waals surface area contributed by atoms with Crippen LogP contribution in [0.3, 0.4) is 0 Å². The molecule has 0 aromatic carbocycles. The van der Waals surface area contributed by atoms with Gasteiger partial charge in [0.1, 0.15) is 11.2 Å². The maximum atomic E-state index is 15.4. The second-order valence-electron chi connectivity index (χ2n) is 14.0. The highest BCUT2D eigenvalue weighted by Gasteiger charge is 2.73. The molecule has 8 heteroatoms. The van der Waals surface area contributed by atoms with Crippen molar-refractivity contribution in [3.63, 3.8) is 0 Å². The zero-order chi connectivity index (χ0) is 27.4. The first-order valence-electron chi connectivity index (χ1n) is 15.0. The van der Waals surface area contributed by atoms with E-state index in [-0.39, 0.29) is 35.5 Å². The van der Waals surface area contributed by atoms with Gasteiger partial charge in [-0.3, -0.25) is 0 Å². The van der Waals surface area contributed by atoms with Gasteiger partial charge in [0.25, 0.3) is 0 Å². The molecule has 0 aromatic heterocycles. The van der Waals surface area contributed by atoms with Crippen LogP contribution in [0, 0.1) is 59.2 Å². The van der Waals surface area contributed by atoms with Crippen LogP contribution in [-0.4, -0.2) is 35.0 Å². The number of ether oxygens (including phenoxy) is 2. The molecule has 8 aliphatic rings. The topological polar surface area (TPSA) is 52.6 Å². The summed E-state index contributed by atoms with van der Waals surface area (Å²) in [6.07, 6.45) is 7.40. The van der Waals surface area contributed by atoms with Crippen LogP contribution in [0.4, 0.5) is 17.6 Å². The van der Waals surface area contributed by atoms with Crippen molar-refractivity contribution in [2.45, 2.75) is 115 Å². The summed E-state index contributed by atoms with van der Waals surface area (Å²) in [5.41, 5.74) is -2.37. The number of hydrogen-bond donors (Lipinski definition) is 0. The molecule has 8 rings (SSSR count). The average Bonchev–Trinajstić information content (AvgIpc) is 2.88. The third kappa shape index (κ3) is 3.39. The van der Waals surface area contributed by atoms with Gasteiger partial charge in [-0.15, -0.1) is 0 Å². The fourth-order valence-electron chi connectivity index (χ4n) is 11.0. The largest absolute Gasteiger partial charge is 0.454 e. The predicted octanol–water partition coefficient (Wildman–Crippen LogP) is 7.05. The smallest absolute Gasteiger partial charge is 0.415 e. The molecule has 8 bridgehead atoms. The first-order valence-corrected chi connectivity index (χ1v) is 15.0. The van der Waals surface area contributed by atoms with Crippen LogP contribution in [0.5, 0.6) is 0 Å². The van der Waals surface area contributed by atoms with Crippen LogP contribution < -0.4 is 0 Å². The highest BCUT2D eigenvalue weighted by Crippen LogP contribution is 2.65. The van der Waals surface area contributed by atoms with Crippen LogP contribution in [0.15, 0.2) is 0 Å². The first kappa shape index (κ1) is 26.9. The highest BCUT2D eigenvalue weighted by atomic mass is 19.3. The summed E-state index contributed by atoms with van der Waals surface area (Å²) in [5, 5.41) is 0. The summed E-state index contributed by atoms with van der Waals surface area (Å²) in [5.74, 6) is -13.4. The average molecular weight is 543 g/mol. The van der Waals surface area contributed by atoms with Crippen molar-refractivity contribution in [1.82, 2.24) is 0 Å². The number of alkyl halides is 4. The van der Waals surface area contributed by atoms with Crippen molar-refractivity contribution >= 4 is 11.9 Å². The van der Waals surface area contributed by atoms with Gasteiger partial charge in [-0.2, -0.15) is 17.6 Å². The van der Waals surface area contributed by atoms with Crippen molar-refractivity contribution in [3.8, 4) is 0 Å². The molecule has 8 fully saturated rings. The van der Waals surface area contributed by atoms with Crippen LogP contribution in [0.25, 0.3) is 0 Å². The van der Waals surface area contributed by atoms with E-state index in [0.29, 0.717) is 36.5 Å². The molecular formula is C30H42F4O4. The van der Waals surface area contributed by atoms with Gasteiger partial charge in [-0.1, -0.05) is 27.7 Å². The number of hydrogen-bond acceptors (Lipinski definition) is 4. The van der Waals surface area contributed by atoms with E-state index in [1.165, 1.54) is 0 Å². The third-order valence-corrected chi connectivity index (χ3v) is 12.8. The quantitative estimate of drug-likeness (QED) is 0.256. The fourth-order valence-corrected chi connectivity index (χ4v) is 11.0. The number of carbonyl (C=O) groups excluding carboxylic acids is 2. The van der Waals surface area contributed by atoms with Crippen molar-refractivity contribution in [2.75, 3.05) is 0 Å². The molecule has 8 aliphatic carbocycles. The lowest BCUT2D eigenvalue weighted by atomic mass is 9.46. The van der Waals surface area contributed by atoms with E-state index in [1.54, 1.807) is 13.8 Å². The lowest BCUT2D eigenvalue weighted by Crippen LogP contribution is -2.66. The lowest BCUT2D eigenvalue weighted by Gasteiger charge is -2.63. The van der Waals surface area contributed by atoms with E-state index in [1.807, 2.05) is 0 Å². The Morgan fingerprint density at radius 1 is 0.658 bits per heavy atom. The summed E-state index contributed by atoms with van der Waals surface area (Å²) < 4.78 is 72.5. The third-order valence-electron chi connectivity index (χ3n) is 12.8.